The van der Waals surface area contributed by atoms with Crippen LogP contribution in [0.2, 0.25) is 0 Å². The minimum absolute atomic E-state index is 0.916. The first-order valence-corrected chi connectivity index (χ1v) is 23.2. The van der Waals surface area contributed by atoms with E-state index in [2.05, 4.69) is 267 Å². The molecule has 0 fully saturated rings. The minimum atomic E-state index is 0.916. The van der Waals surface area contributed by atoms with E-state index < -0.39 is 0 Å². The third-order valence-corrected chi connectivity index (χ3v) is 12.6. The molecule has 0 aromatic heterocycles. The Bertz CT molecular complexity index is 3070. The minimum Gasteiger partial charge on any atom is -0.0622 e. The van der Waals surface area contributed by atoms with Gasteiger partial charge >= 0.3 is 0 Å². The molecule has 0 spiro atoms. The van der Waals surface area contributed by atoms with Gasteiger partial charge < -0.3 is 0 Å². The van der Waals surface area contributed by atoms with Gasteiger partial charge in [-0.1, -0.05) is 267 Å². The molecule has 0 heteroatoms. The average molecular weight is 845 g/mol. The van der Waals surface area contributed by atoms with E-state index in [1.54, 1.807) is 0 Å². The Labute approximate surface area is 390 Å². The first kappa shape index (κ1) is 41.9. The van der Waals surface area contributed by atoms with Crippen LogP contribution in [0, 0.1) is 0 Å². The molecule has 0 heterocycles. The van der Waals surface area contributed by atoms with Crippen LogP contribution in [-0.4, -0.2) is 0 Å². The maximum atomic E-state index is 2.43. The number of rotatable bonds is 11. The number of fused-ring (bicyclic) bond motifs is 2. The molecular weight excluding hydrogens is 793 g/mol. The van der Waals surface area contributed by atoms with Gasteiger partial charge in [0, 0.05) is 0 Å². The Hall–Kier alpha value is -8.06. The van der Waals surface area contributed by atoms with E-state index in [0.717, 1.165) is 25.7 Å². The molecule has 0 saturated heterocycles. The van der Waals surface area contributed by atoms with Crippen LogP contribution in [0.25, 0.3) is 54.9 Å². The van der Waals surface area contributed by atoms with E-state index in [9.17, 15) is 0 Å². The van der Waals surface area contributed by atoms with Crippen molar-refractivity contribution < 1.29 is 0 Å². The van der Waals surface area contributed by atoms with E-state index in [-0.39, 0.29) is 0 Å². The van der Waals surface area contributed by atoms with Crippen LogP contribution in [0.3, 0.4) is 0 Å². The second-order valence-electron chi connectivity index (χ2n) is 17.3. The Morgan fingerprint density at radius 3 is 0.742 bits per heavy atom. The molecule has 11 aromatic rings. The maximum Gasteiger partial charge on any atom is -0.00255 e. The molecule has 0 unspecified atom stereocenters. The van der Waals surface area contributed by atoms with Gasteiger partial charge in [-0.05, 0) is 125 Å². The molecule has 0 aliphatic heterocycles. The number of hydrogen-bond acceptors (Lipinski definition) is 0. The molecule has 66 heavy (non-hydrogen) atoms. The maximum absolute atomic E-state index is 2.43. The number of benzene rings is 11. The highest BCUT2D eigenvalue weighted by Gasteiger charge is 2.18. The van der Waals surface area contributed by atoms with Gasteiger partial charge in [-0.2, -0.15) is 0 Å². The van der Waals surface area contributed by atoms with Gasteiger partial charge in [-0.25, -0.2) is 0 Å². The summed E-state index contributed by atoms with van der Waals surface area (Å²) in [5, 5.41) is 5.21. The summed E-state index contributed by atoms with van der Waals surface area (Å²) in [6.07, 6.45) is 3.77. The lowest BCUT2D eigenvalue weighted by Gasteiger charge is -2.19. The summed E-state index contributed by atoms with van der Waals surface area (Å²) in [5.74, 6) is 0. The van der Waals surface area contributed by atoms with Crippen LogP contribution in [-0.2, 0) is 25.7 Å². The third-order valence-electron chi connectivity index (χ3n) is 12.6. The summed E-state index contributed by atoms with van der Waals surface area (Å²) >= 11 is 0. The van der Waals surface area contributed by atoms with E-state index in [1.807, 2.05) is 0 Å². The second kappa shape index (κ2) is 20.2. The Morgan fingerprint density at radius 1 is 0.167 bits per heavy atom. The summed E-state index contributed by atoms with van der Waals surface area (Å²) in [5.41, 5.74) is 18.4. The molecule has 11 rings (SSSR count). The lowest BCUT2D eigenvalue weighted by atomic mass is 9.84. The van der Waals surface area contributed by atoms with E-state index >= 15 is 0 Å². The molecule has 11 aromatic carbocycles. The Morgan fingerprint density at radius 2 is 0.424 bits per heavy atom. The van der Waals surface area contributed by atoms with Crippen molar-refractivity contribution in [3.05, 3.63) is 311 Å². The number of hydrogen-bond donors (Lipinski definition) is 0. The fraction of sp³-hybridized carbons (Fsp3) is 0.0606. The standard InChI is InChI=1S/C40H30.C26H22/c1-5-13-29(14-6-1)25-31-21-23-35-37(27-31)39(33-17-9-3-10-18-33)36-24-22-32(26-30-15-7-2-8-16-30)28-38(36)40(35)34-19-11-4-12-20-34;1-3-9-21(10-4-1)17-23-13-7-15-25(19-23)26-16-8-14-24(20-26)18-22-11-5-2-6-12-22/h1-24,27-28H,25-26H2;1-16,19-20H,17-18H2. The second-order valence-corrected chi connectivity index (χ2v) is 17.3. The average Bonchev–Trinajstić information content (AvgIpc) is 3.38. The molecular formula is C66H52. The Balaban J connectivity index is 0.000000170. The van der Waals surface area contributed by atoms with Crippen molar-refractivity contribution in [3.8, 4) is 33.4 Å². The zero-order valence-electron chi connectivity index (χ0n) is 37.2. The molecule has 0 saturated carbocycles. The highest BCUT2D eigenvalue weighted by Crippen LogP contribution is 2.44. The topological polar surface area (TPSA) is 0 Å². The third kappa shape index (κ3) is 10.0. The SMILES string of the molecule is c1ccc(Cc2ccc3c(-c4ccccc4)c4cc(Cc5ccccc5)ccc4c(-c4ccccc4)c3c2)cc1.c1ccc(Cc2cccc(-c3cccc(Cc4ccccc4)c3)c2)cc1. The fourth-order valence-corrected chi connectivity index (χ4v) is 9.42. The monoisotopic (exact) mass is 844 g/mol. The van der Waals surface area contributed by atoms with Crippen LogP contribution in [0.1, 0.15) is 44.5 Å². The zero-order valence-corrected chi connectivity index (χ0v) is 37.2. The fourth-order valence-electron chi connectivity index (χ4n) is 9.42. The van der Waals surface area contributed by atoms with Crippen molar-refractivity contribution in [3.63, 3.8) is 0 Å². The summed E-state index contributed by atoms with van der Waals surface area (Å²) in [7, 11) is 0. The van der Waals surface area contributed by atoms with Gasteiger partial charge in [0.2, 0.25) is 0 Å². The molecule has 0 radical (unpaired) electrons. The normalized spacial score (nSPS) is 11.0. The van der Waals surface area contributed by atoms with Crippen LogP contribution in [0.15, 0.2) is 267 Å². The smallest absolute Gasteiger partial charge is 0.00255 e. The van der Waals surface area contributed by atoms with E-state index in [0.29, 0.717) is 0 Å². The first-order chi connectivity index (χ1) is 32.7. The molecule has 0 aliphatic rings. The van der Waals surface area contributed by atoms with Gasteiger partial charge in [-0.3, -0.25) is 0 Å². The molecule has 0 bridgehead atoms. The Kier molecular flexibility index (Phi) is 12.8. The van der Waals surface area contributed by atoms with E-state index in [4.69, 9.17) is 0 Å². The highest BCUT2D eigenvalue weighted by atomic mass is 14.2. The molecule has 0 atom stereocenters. The summed E-state index contributed by atoms with van der Waals surface area (Å²) in [4.78, 5) is 0. The van der Waals surface area contributed by atoms with Crippen LogP contribution >= 0.6 is 0 Å². The van der Waals surface area contributed by atoms with Gasteiger partial charge in [0.1, 0.15) is 0 Å². The highest BCUT2D eigenvalue weighted by molar-refractivity contribution is 6.21. The lowest BCUT2D eigenvalue weighted by molar-refractivity contribution is 1.19. The van der Waals surface area contributed by atoms with Crippen molar-refractivity contribution >= 4 is 21.5 Å². The molecule has 0 nitrogen and oxygen atoms in total. The molecule has 0 N–H and O–H groups in total. The quantitative estimate of drug-likeness (QED) is 0.114. The van der Waals surface area contributed by atoms with Crippen LogP contribution in [0.4, 0.5) is 0 Å². The lowest BCUT2D eigenvalue weighted by Crippen LogP contribution is -1.95. The van der Waals surface area contributed by atoms with Crippen LogP contribution in [0.5, 0.6) is 0 Å². The van der Waals surface area contributed by atoms with Crippen molar-refractivity contribution in [2.75, 3.05) is 0 Å². The van der Waals surface area contributed by atoms with Gasteiger partial charge in [-0.15, -0.1) is 0 Å². The molecule has 0 amide bonds. The van der Waals surface area contributed by atoms with Crippen molar-refractivity contribution in [1.29, 1.82) is 0 Å². The predicted octanol–water partition coefficient (Wildman–Crippen LogP) is 17.0. The van der Waals surface area contributed by atoms with Gasteiger partial charge in [0.25, 0.3) is 0 Å². The first-order valence-electron chi connectivity index (χ1n) is 23.2. The van der Waals surface area contributed by atoms with E-state index in [1.165, 1.54) is 99.4 Å². The van der Waals surface area contributed by atoms with Crippen molar-refractivity contribution in [2.45, 2.75) is 25.7 Å². The van der Waals surface area contributed by atoms with Gasteiger partial charge in [0.15, 0.2) is 0 Å². The predicted molar refractivity (Wildman–Crippen MR) is 281 cm³/mol. The van der Waals surface area contributed by atoms with Crippen LogP contribution < -0.4 is 0 Å². The van der Waals surface area contributed by atoms with Crippen molar-refractivity contribution in [1.82, 2.24) is 0 Å². The summed E-state index contributed by atoms with van der Waals surface area (Å²) in [6, 6.07) is 96.6. The van der Waals surface area contributed by atoms with Crippen molar-refractivity contribution in [2.24, 2.45) is 0 Å². The van der Waals surface area contributed by atoms with Gasteiger partial charge in [0.05, 0.1) is 0 Å². The molecule has 316 valence electrons. The summed E-state index contributed by atoms with van der Waals surface area (Å²) in [6.45, 7) is 0. The molecule has 0 aliphatic carbocycles. The largest absolute Gasteiger partial charge is 0.0622 e. The zero-order chi connectivity index (χ0) is 44.3. The summed E-state index contributed by atoms with van der Waals surface area (Å²) < 4.78 is 0.